The number of hydrogen-bond acceptors (Lipinski definition) is 4. The zero-order valence-corrected chi connectivity index (χ0v) is 9.31. The van der Waals surface area contributed by atoms with Gasteiger partial charge in [-0.1, -0.05) is 6.58 Å². The highest BCUT2D eigenvalue weighted by Gasteiger charge is 2.08. The lowest BCUT2D eigenvalue weighted by Gasteiger charge is -2.05. The molecular formula is C10H14MgO5S. The summed E-state index contributed by atoms with van der Waals surface area (Å²) in [6.45, 7) is 4.07. The van der Waals surface area contributed by atoms with Crippen LogP contribution in [0.4, 0.5) is 0 Å². The van der Waals surface area contributed by atoms with Gasteiger partial charge in [-0.05, 0) is 24.3 Å². The predicted molar refractivity (Wildman–Crippen MR) is 66.4 cm³/mol. The van der Waals surface area contributed by atoms with Crippen LogP contribution in [0.1, 0.15) is 0 Å². The third kappa shape index (κ3) is 5.92. The van der Waals surface area contributed by atoms with E-state index in [1.165, 1.54) is 30.5 Å². The molecular weight excluding hydrogens is 256 g/mol. The van der Waals surface area contributed by atoms with Gasteiger partial charge in [0.2, 0.25) is 0 Å². The lowest BCUT2D eigenvalue weighted by Crippen LogP contribution is -2.04. The fourth-order valence-corrected chi connectivity index (χ4v) is 1.48. The zero-order valence-electron chi connectivity index (χ0n) is 8.50. The smallest absolute Gasteiger partial charge is 0.316 e. The third-order valence-electron chi connectivity index (χ3n) is 1.71. The molecule has 1 N–H and O–H groups in total. The van der Waals surface area contributed by atoms with E-state index in [0.29, 0.717) is 19.0 Å². The standard InChI is InChI=1S/C10H12O5S.Mg.2H/c1-2-14-7-8-15-9-3-5-10(6-4-9)16(11,12)13;;;/h2-6H,1,7-8H2,(H,11,12,13);;;. The summed E-state index contributed by atoms with van der Waals surface area (Å²) in [6, 6.07) is 5.44. The number of ether oxygens (including phenoxy) is 2. The van der Waals surface area contributed by atoms with E-state index in [1.807, 2.05) is 0 Å². The molecule has 0 saturated carbocycles. The Morgan fingerprint density at radius 3 is 2.29 bits per heavy atom. The van der Waals surface area contributed by atoms with E-state index >= 15 is 0 Å². The van der Waals surface area contributed by atoms with E-state index in [-0.39, 0.29) is 27.9 Å². The summed E-state index contributed by atoms with van der Waals surface area (Å²) in [6.07, 6.45) is 1.31. The van der Waals surface area contributed by atoms with Gasteiger partial charge in [0.25, 0.3) is 10.1 Å². The monoisotopic (exact) mass is 270 g/mol. The van der Waals surface area contributed by atoms with Crippen molar-refractivity contribution in [3.8, 4) is 5.75 Å². The van der Waals surface area contributed by atoms with Crippen LogP contribution in [0.25, 0.3) is 0 Å². The van der Waals surface area contributed by atoms with Crippen LogP contribution in [0.2, 0.25) is 0 Å². The Morgan fingerprint density at radius 2 is 1.82 bits per heavy atom. The van der Waals surface area contributed by atoms with E-state index in [0.717, 1.165) is 0 Å². The minimum absolute atomic E-state index is 0. The van der Waals surface area contributed by atoms with Gasteiger partial charge in [-0.2, -0.15) is 8.42 Å². The molecule has 0 atom stereocenters. The van der Waals surface area contributed by atoms with Crippen molar-refractivity contribution in [1.29, 1.82) is 0 Å². The van der Waals surface area contributed by atoms with Gasteiger partial charge in [-0.3, -0.25) is 4.55 Å². The van der Waals surface area contributed by atoms with E-state index in [9.17, 15) is 8.42 Å². The zero-order chi connectivity index (χ0) is 12.0. The minimum Gasteiger partial charge on any atom is -0.498 e. The second-order valence-corrected chi connectivity index (χ2v) is 4.25. The summed E-state index contributed by atoms with van der Waals surface area (Å²) >= 11 is 0. The second kappa shape index (κ2) is 7.54. The van der Waals surface area contributed by atoms with Gasteiger partial charge in [0.1, 0.15) is 19.0 Å². The van der Waals surface area contributed by atoms with E-state index in [4.69, 9.17) is 14.0 Å². The Hall–Kier alpha value is -0.764. The lowest BCUT2D eigenvalue weighted by atomic mass is 10.3. The first kappa shape index (κ1) is 16.2. The first-order valence-electron chi connectivity index (χ1n) is 4.47. The first-order chi connectivity index (χ1) is 7.54. The maximum Gasteiger partial charge on any atom is 0.316 e. The molecule has 0 spiro atoms. The Balaban J connectivity index is 0.00000256. The Kier molecular flexibility index (Phi) is 7.20. The molecule has 1 aromatic rings. The molecule has 5 nitrogen and oxygen atoms in total. The first-order valence-corrected chi connectivity index (χ1v) is 5.91. The van der Waals surface area contributed by atoms with Crippen molar-refractivity contribution in [2.75, 3.05) is 13.2 Å². The van der Waals surface area contributed by atoms with Gasteiger partial charge < -0.3 is 9.47 Å². The van der Waals surface area contributed by atoms with Crippen LogP contribution in [0.5, 0.6) is 5.75 Å². The summed E-state index contributed by atoms with van der Waals surface area (Å²) < 4.78 is 40.2. The third-order valence-corrected chi connectivity index (χ3v) is 2.58. The average molecular weight is 271 g/mol. The highest BCUT2D eigenvalue weighted by atomic mass is 32.2. The van der Waals surface area contributed by atoms with Crippen molar-refractivity contribution in [3.63, 3.8) is 0 Å². The topological polar surface area (TPSA) is 72.8 Å². The van der Waals surface area contributed by atoms with Crippen LogP contribution in [0.15, 0.2) is 42.0 Å². The molecule has 0 radical (unpaired) electrons. The molecule has 1 aromatic carbocycles. The average Bonchev–Trinajstić information content (AvgIpc) is 2.24. The van der Waals surface area contributed by atoms with Gasteiger partial charge in [-0.15, -0.1) is 0 Å². The SMILES string of the molecule is C=COCCOc1ccc(S(=O)(=O)O)cc1.[MgH2]. The van der Waals surface area contributed by atoms with Crippen LogP contribution < -0.4 is 4.74 Å². The van der Waals surface area contributed by atoms with Crippen LogP contribution in [-0.2, 0) is 14.9 Å². The summed E-state index contributed by atoms with van der Waals surface area (Å²) in [5, 5.41) is 0. The van der Waals surface area contributed by atoms with Gasteiger partial charge >= 0.3 is 23.1 Å². The largest absolute Gasteiger partial charge is 0.498 e. The summed E-state index contributed by atoms with van der Waals surface area (Å²) in [5.74, 6) is 0.500. The predicted octanol–water partition coefficient (Wildman–Crippen LogP) is 0.556. The van der Waals surface area contributed by atoms with Crippen molar-refractivity contribution >= 4 is 33.2 Å². The molecule has 92 valence electrons. The number of rotatable bonds is 6. The molecule has 0 amide bonds. The lowest BCUT2D eigenvalue weighted by molar-refractivity contribution is 0.179. The van der Waals surface area contributed by atoms with Crippen molar-refractivity contribution in [1.82, 2.24) is 0 Å². The van der Waals surface area contributed by atoms with E-state index in [1.54, 1.807) is 0 Å². The van der Waals surface area contributed by atoms with Crippen molar-refractivity contribution in [2.45, 2.75) is 4.90 Å². The van der Waals surface area contributed by atoms with Gasteiger partial charge in [-0.25, -0.2) is 0 Å². The van der Waals surface area contributed by atoms with Gasteiger partial charge in [0, 0.05) is 0 Å². The minimum atomic E-state index is -4.14. The normalized spacial score (nSPS) is 10.2. The molecule has 0 aliphatic rings. The fourth-order valence-electron chi connectivity index (χ4n) is 0.999. The molecule has 1 rings (SSSR count). The van der Waals surface area contributed by atoms with Gasteiger partial charge in [0.15, 0.2) is 0 Å². The van der Waals surface area contributed by atoms with Crippen LogP contribution >= 0.6 is 0 Å². The molecule has 0 unspecified atom stereocenters. The molecule has 0 heterocycles. The Morgan fingerprint density at radius 1 is 1.24 bits per heavy atom. The highest BCUT2D eigenvalue weighted by Crippen LogP contribution is 2.15. The number of hydrogen-bond donors (Lipinski definition) is 1. The quantitative estimate of drug-likeness (QED) is 0.354. The Labute approximate surface area is 116 Å². The fraction of sp³-hybridized carbons (Fsp3) is 0.200. The molecule has 0 aromatic heterocycles. The maximum atomic E-state index is 10.7. The molecule has 7 heteroatoms. The summed E-state index contributed by atoms with van der Waals surface area (Å²) in [7, 11) is -4.14. The van der Waals surface area contributed by atoms with Crippen LogP contribution in [-0.4, -0.2) is 49.2 Å². The molecule has 0 aliphatic carbocycles. The summed E-state index contributed by atoms with van der Waals surface area (Å²) in [5.41, 5.74) is 0. The van der Waals surface area contributed by atoms with Gasteiger partial charge in [0.05, 0.1) is 11.2 Å². The maximum absolute atomic E-state index is 10.7. The van der Waals surface area contributed by atoms with E-state index in [2.05, 4.69) is 6.58 Å². The molecule has 0 saturated heterocycles. The van der Waals surface area contributed by atoms with Crippen molar-refractivity contribution in [3.05, 3.63) is 37.1 Å². The van der Waals surface area contributed by atoms with Crippen molar-refractivity contribution < 1.29 is 22.4 Å². The Bertz CT molecular complexity index is 440. The highest BCUT2D eigenvalue weighted by molar-refractivity contribution is 7.85. The van der Waals surface area contributed by atoms with Crippen LogP contribution in [0.3, 0.4) is 0 Å². The molecule has 0 bridgehead atoms. The second-order valence-electron chi connectivity index (χ2n) is 2.83. The van der Waals surface area contributed by atoms with Crippen molar-refractivity contribution in [2.24, 2.45) is 0 Å². The van der Waals surface area contributed by atoms with Crippen LogP contribution in [0, 0.1) is 0 Å². The molecule has 0 aliphatic heterocycles. The summed E-state index contributed by atoms with van der Waals surface area (Å²) in [4.78, 5) is -0.165. The van der Waals surface area contributed by atoms with E-state index < -0.39 is 10.1 Å². The molecule has 0 fully saturated rings. The molecule has 17 heavy (non-hydrogen) atoms. The number of benzene rings is 1.